The number of halogens is 1. The standard InChI is InChI=1S/C23H36N4O3.HI/c1-29-14-9-22(28)27-11-7-19(8-12-27)25-23(24-10-6-20-3-2-13-30-20)26-21-16-17-4-5-18(21)15-17;/h2-3,13,17-19,21H,4-12,14-16H2,1H3,(H2,24,25,26);1H. The van der Waals surface area contributed by atoms with E-state index in [0.29, 0.717) is 31.7 Å². The van der Waals surface area contributed by atoms with Gasteiger partial charge in [-0.1, -0.05) is 6.42 Å². The fourth-order valence-corrected chi connectivity index (χ4v) is 5.28. The van der Waals surface area contributed by atoms with Gasteiger partial charge in [-0.15, -0.1) is 24.0 Å². The van der Waals surface area contributed by atoms with E-state index in [2.05, 4.69) is 10.6 Å². The highest BCUT2D eigenvalue weighted by atomic mass is 127. The normalized spacial score (nSPS) is 26.0. The van der Waals surface area contributed by atoms with Crippen molar-refractivity contribution >= 4 is 35.8 Å². The molecule has 31 heavy (non-hydrogen) atoms. The van der Waals surface area contributed by atoms with Crippen molar-refractivity contribution in [1.82, 2.24) is 15.5 Å². The first kappa shape index (κ1) is 24.4. The van der Waals surface area contributed by atoms with Crippen molar-refractivity contribution in [3.63, 3.8) is 0 Å². The van der Waals surface area contributed by atoms with Crippen LogP contribution in [0.5, 0.6) is 0 Å². The van der Waals surface area contributed by atoms with E-state index in [4.69, 9.17) is 14.1 Å². The van der Waals surface area contributed by atoms with Gasteiger partial charge in [-0.25, -0.2) is 0 Å². The van der Waals surface area contributed by atoms with E-state index >= 15 is 0 Å². The fourth-order valence-electron chi connectivity index (χ4n) is 5.28. The minimum atomic E-state index is 0. The van der Waals surface area contributed by atoms with E-state index in [1.807, 2.05) is 17.0 Å². The molecule has 1 aliphatic heterocycles. The number of fused-ring (bicyclic) bond motifs is 2. The van der Waals surface area contributed by atoms with Crippen LogP contribution in [0, 0.1) is 11.8 Å². The Bertz CT molecular complexity index is 704. The molecule has 2 heterocycles. The number of piperidine rings is 1. The fraction of sp³-hybridized carbons (Fsp3) is 0.739. The van der Waals surface area contributed by atoms with Crippen LogP contribution >= 0.6 is 24.0 Å². The number of guanidine groups is 1. The molecule has 1 aromatic rings. The number of carbonyl (C=O) groups is 1. The molecule has 1 amide bonds. The maximum Gasteiger partial charge on any atom is 0.224 e. The summed E-state index contributed by atoms with van der Waals surface area (Å²) in [5.74, 6) is 3.80. The Morgan fingerprint density at radius 3 is 2.71 bits per heavy atom. The molecule has 3 atom stereocenters. The monoisotopic (exact) mass is 544 g/mol. The van der Waals surface area contributed by atoms with Crippen LogP contribution in [-0.4, -0.2) is 62.2 Å². The largest absolute Gasteiger partial charge is 0.469 e. The number of aliphatic imine (C=N–C) groups is 1. The molecular weight excluding hydrogens is 507 g/mol. The Balaban J connectivity index is 0.00000272. The van der Waals surface area contributed by atoms with Crippen LogP contribution in [0.25, 0.3) is 0 Å². The molecule has 174 valence electrons. The predicted octanol–water partition coefficient (Wildman–Crippen LogP) is 3.19. The highest BCUT2D eigenvalue weighted by molar-refractivity contribution is 14.0. The molecule has 0 radical (unpaired) electrons. The smallest absolute Gasteiger partial charge is 0.224 e. The zero-order valence-electron chi connectivity index (χ0n) is 18.6. The van der Waals surface area contributed by atoms with E-state index in [0.717, 1.165) is 55.9 Å². The van der Waals surface area contributed by atoms with Gasteiger partial charge in [-0.05, 0) is 56.1 Å². The number of methoxy groups -OCH3 is 1. The second kappa shape index (κ2) is 12.1. The highest BCUT2D eigenvalue weighted by Crippen LogP contribution is 2.44. The summed E-state index contributed by atoms with van der Waals surface area (Å²) >= 11 is 0. The first-order valence-electron chi connectivity index (χ1n) is 11.6. The molecule has 8 heteroatoms. The molecule has 1 saturated heterocycles. The van der Waals surface area contributed by atoms with Crippen molar-refractivity contribution < 1.29 is 13.9 Å². The molecule has 2 saturated carbocycles. The van der Waals surface area contributed by atoms with Gasteiger partial charge in [0.1, 0.15) is 5.76 Å². The lowest BCUT2D eigenvalue weighted by molar-refractivity contribution is -0.133. The van der Waals surface area contributed by atoms with Crippen molar-refractivity contribution in [3.8, 4) is 0 Å². The summed E-state index contributed by atoms with van der Waals surface area (Å²) in [6, 6.07) is 4.83. The van der Waals surface area contributed by atoms with Gasteiger partial charge in [-0.3, -0.25) is 9.79 Å². The number of hydrogen-bond donors (Lipinski definition) is 2. The van der Waals surface area contributed by atoms with Crippen LogP contribution in [0.1, 0.15) is 50.7 Å². The Morgan fingerprint density at radius 2 is 2.06 bits per heavy atom. The lowest BCUT2D eigenvalue weighted by Crippen LogP contribution is -2.52. The molecule has 3 aliphatic rings. The molecule has 3 unspecified atom stereocenters. The van der Waals surface area contributed by atoms with Crippen LogP contribution < -0.4 is 10.6 Å². The average molecular weight is 544 g/mol. The third-order valence-electron chi connectivity index (χ3n) is 6.98. The van der Waals surface area contributed by atoms with Gasteiger partial charge in [0.2, 0.25) is 5.91 Å². The van der Waals surface area contributed by atoms with Gasteiger partial charge in [0.25, 0.3) is 0 Å². The maximum absolute atomic E-state index is 12.2. The van der Waals surface area contributed by atoms with Crippen molar-refractivity contribution in [2.75, 3.05) is 33.4 Å². The summed E-state index contributed by atoms with van der Waals surface area (Å²) in [5, 5.41) is 7.42. The molecule has 0 aromatic carbocycles. The number of nitrogens with zero attached hydrogens (tertiary/aromatic N) is 2. The molecule has 2 aliphatic carbocycles. The topological polar surface area (TPSA) is 79.1 Å². The predicted molar refractivity (Wildman–Crippen MR) is 132 cm³/mol. The quantitative estimate of drug-likeness (QED) is 0.299. The molecule has 2 N–H and O–H groups in total. The number of nitrogens with one attached hydrogen (secondary N) is 2. The number of furan rings is 1. The van der Waals surface area contributed by atoms with Crippen LogP contribution in [0.15, 0.2) is 27.8 Å². The molecule has 2 bridgehead atoms. The van der Waals surface area contributed by atoms with E-state index in [1.54, 1.807) is 13.4 Å². The number of likely N-dealkylation sites (tertiary alicyclic amines) is 1. The van der Waals surface area contributed by atoms with E-state index in [1.165, 1.54) is 25.7 Å². The molecule has 3 fully saturated rings. The second-order valence-corrected chi connectivity index (χ2v) is 9.03. The van der Waals surface area contributed by atoms with Gasteiger partial charge in [0.15, 0.2) is 5.96 Å². The zero-order chi connectivity index (χ0) is 20.8. The summed E-state index contributed by atoms with van der Waals surface area (Å²) in [7, 11) is 1.64. The lowest BCUT2D eigenvalue weighted by atomic mass is 9.95. The highest BCUT2D eigenvalue weighted by Gasteiger charge is 2.40. The van der Waals surface area contributed by atoms with Gasteiger partial charge >= 0.3 is 0 Å². The van der Waals surface area contributed by atoms with E-state index in [-0.39, 0.29) is 29.9 Å². The number of carbonyl (C=O) groups excluding carboxylic acids is 1. The van der Waals surface area contributed by atoms with Crippen LogP contribution in [0.2, 0.25) is 0 Å². The zero-order valence-corrected chi connectivity index (χ0v) is 20.9. The Morgan fingerprint density at radius 1 is 1.23 bits per heavy atom. The maximum atomic E-state index is 12.2. The summed E-state index contributed by atoms with van der Waals surface area (Å²) in [6.45, 7) is 2.80. The summed E-state index contributed by atoms with van der Waals surface area (Å²) in [6.07, 6.45) is 10.3. The van der Waals surface area contributed by atoms with Crippen LogP contribution in [-0.2, 0) is 16.0 Å². The lowest BCUT2D eigenvalue weighted by Gasteiger charge is -2.34. The molecule has 4 rings (SSSR count). The Kier molecular flexibility index (Phi) is 9.49. The number of ether oxygens (including phenoxy) is 1. The van der Waals surface area contributed by atoms with Crippen molar-refractivity contribution in [2.45, 2.75) is 63.5 Å². The molecule has 0 spiro atoms. The first-order valence-corrected chi connectivity index (χ1v) is 11.6. The number of rotatable bonds is 8. The molecule has 7 nitrogen and oxygen atoms in total. The summed E-state index contributed by atoms with van der Waals surface area (Å²) in [5.41, 5.74) is 0. The van der Waals surface area contributed by atoms with Crippen molar-refractivity contribution in [3.05, 3.63) is 24.2 Å². The van der Waals surface area contributed by atoms with Gasteiger partial charge in [-0.2, -0.15) is 0 Å². The van der Waals surface area contributed by atoms with Crippen LogP contribution in [0.4, 0.5) is 0 Å². The molecule has 1 aromatic heterocycles. The van der Waals surface area contributed by atoms with Crippen LogP contribution in [0.3, 0.4) is 0 Å². The minimum absolute atomic E-state index is 0. The third-order valence-corrected chi connectivity index (χ3v) is 6.98. The number of amides is 1. The Hall–Kier alpha value is -1.29. The minimum Gasteiger partial charge on any atom is -0.469 e. The van der Waals surface area contributed by atoms with Crippen molar-refractivity contribution in [2.24, 2.45) is 16.8 Å². The average Bonchev–Trinajstić information content (AvgIpc) is 3.51. The summed E-state index contributed by atoms with van der Waals surface area (Å²) in [4.78, 5) is 19.1. The first-order chi connectivity index (χ1) is 14.7. The van der Waals surface area contributed by atoms with E-state index < -0.39 is 0 Å². The Labute approximate surface area is 202 Å². The van der Waals surface area contributed by atoms with Gasteiger partial charge in [0.05, 0.1) is 19.3 Å². The summed E-state index contributed by atoms with van der Waals surface area (Å²) < 4.78 is 10.5. The second-order valence-electron chi connectivity index (χ2n) is 9.03. The number of hydrogen-bond acceptors (Lipinski definition) is 4. The van der Waals surface area contributed by atoms with Gasteiger partial charge in [0, 0.05) is 45.2 Å². The third kappa shape index (κ3) is 6.84. The van der Waals surface area contributed by atoms with E-state index in [9.17, 15) is 4.79 Å². The van der Waals surface area contributed by atoms with Gasteiger partial charge < -0.3 is 24.7 Å². The SMILES string of the molecule is COCCC(=O)N1CCC(NC(=NCCc2ccco2)NC2CC3CCC2C3)CC1.I. The van der Waals surface area contributed by atoms with Crippen molar-refractivity contribution in [1.29, 1.82) is 0 Å². The molecular formula is C23H37IN4O3.